The van der Waals surface area contributed by atoms with Crippen LogP contribution in [0.5, 0.6) is 11.5 Å². The number of nitrogens with one attached hydrogen (secondary N) is 1. The van der Waals surface area contributed by atoms with Crippen molar-refractivity contribution in [1.82, 2.24) is 4.98 Å². The molecule has 0 aliphatic heterocycles. The Kier molecular flexibility index (Phi) is 5.58. The molecule has 0 atom stereocenters. The molecule has 0 unspecified atom stereocenters. The van der Waals surface area contributed by atoms with Gasteiger partial charge in [-0.3, -0.25) is 4.79 Å². The van der Waals surface area contributed by atoms with E-state index >= 15 is 0 Å². The SMILES string of the molecule is COc1ccc(-c2cc(C(=O)Nc3cc(C)cc(C)c3)c3ccccc3n2)c(OC)c1. The molecule has 1 heterocycles. The molecule has 1 amide bonds. The van der Waals surface area contributed by atoms with Crippen LogP contribution in [0.4, 0.5) is 5.69 Å². The quantitative estimate of drug-likeness (QED) is 0.451. The van der Waals surface area contributed by atoms with E-state index in [1.54, 1.807) is 14.2 Å². The monoisotopic (exact) mass is 412 g/mol. The van der Waals surface area contributed by atoms with Crippen LogP contribution in [0.1, 0.15) is 21.5 Å². The van der Waals surface area contributed by atoms with Gasteiger partial charge in [-0.2, -0.15) is 0 Å². The topological polar surface area (TPSA) is 60.5 Å². The number of aryl methyl sites for hydroxylation is 2. The Hall–Kier alpha value is -3.86. The van der Waals surface area contributed by atoms with Crippen molar-refractivity contribution in [2.24, 2.45) is 0 Å². The highest BCUT2D eigenvalue weighted by Gasteiger charge is 2.17. The number of nitrogens with zero attached hydrogens (tertiary/aromatic N) is 1. The minimum Gasteiger partial charge on any atom is -0.497 e. The molecule has 0 spiro atoms. The Balaban J connectivity index is 1.83. The molecule has 5 nitrogen and oxygen atoms in total. The number of carbonyl (C=O) groups is 1. The van der Waals surface area contributed by atoms with Crippen molar-refractivity contribution in [3.63, 3.8) is 0 Å². The number of benzene rings is 3. The molecule has 3 aromatic carbocycles. The molecule has 0 fully saturated rings. The summed E-state index contributed by atoms with van der Waals surface area (Å²) in [5.74, 6) is 1.13. The zero-order valence-corrected chi connectivity index (χ0v) is 18.0. The van der Waals surface area contributed by atoms with Crippen LogP contribution in [0.3, 0.4) is 0 Å². The average molecular weight is 412 g/mol. The summed E-state index contributed by atoms with van der Waals surface area (Å²) in [4.78, 5) is 18.1. The molecule has 1 aromatic heterocycles. The highest BCUT2D eigenvalue weighted by Crippen LogP contribution is 2.34. The summed E-state index contributed by atoms with van der Waals surface area (Å²) in [6, 6.07) is 21.0. The Morgan fingerprint density at radius 2 is 1.61 bits per heavy atom. The van der Waals surface area contributed by atoms with E-state index in [4.69, 9.17) is 14.5 Å². The third-order valence-electron chi connectivity index (χ3n) is 5.13. The molecule has 0 aliphatic rings. The lowest BCUT2D eigenvalue weighted by Gasteiger charge is -2.14. The minimum absolute atomic E-state index is 0.183. The fourth-order valence-corrected chi connectivity index (χ4v) is 3.76. The van der Waals surface area contributed by atoms with Crippen molar-refractivity contribution in [1.29, 1.82) is 0 Å². The second-order valence-electron chi connectivity index (χ2n) is 7.47. The Morgan fingerprint density at radius 3 is 2.32 bits per heavy atom. The van der Waals surface area contributed by atoms with Crippen LogP contribution in [0.25, 0.3) is 22.2 Å². The molecule has 4 aromatic rings. The van der Waals surface area contributed by atoms with E-state index in [0.29, 0.717) is 22.8 Å². The molecule has 0 bridgehead atoms. The van der Waals surface area contributed by atoms with Gasteiger partial charge in [-0.15, -0.1) is 0 Å². The number of anilines is 1. The Labute approximate surface area is 181 Å². The minimum atomic E-state index is -0.183. The maximum atomic E-state index is 13.3. The van der Waals surface area contributed by atoms with Crippen LogP contribution in [0.2, 0.25) is 0 Å². The van der Waals surface area contributed by atoms with Gasteiger partial charge >= 0.3 is 0 Å². The van der Waals surface area contributed by atoms with Crippen molar-refractivity contribution < 1.29 is 14.3 Å². The van der Waals surface area contributed by atoms with Gasteiger partial charge in [0.1, 0.15) is 11.5 Å². The molecule has 5 heteroatoms. The Morgan fingerprint density at radius 1 is 0.871 bits per heavy atom. The number of methoxy groups -OCH3 is 2. The Bertz CT molecular complexity index is 1260. The molecular formula is C26H24N2O3. The van der Waals surface area contributed by atoms with Crippen LogP contribution in [-0.4, -0.2) is 25.1 Å². The number of para-hydroxylation sites is 1. The standard InChI is InChI=1S/C26H24N2O3/c1-16-11-17(2)13-18(12-16)27-26(29)22-15-24(28-23-8-6-5-7-20(22)23)21-10-9-19(30-3)14-25(21)31-4/h5-15H,1-4H3,(H,27,29). The number of fused-ring (bicyclic) bond motifs is 1. The summed E-state index contributed by atoms with van der Waals surface area (Å²) < 4.78 is 10.9. The summed E-state index contributed by atoms with van der Waals surface area (Å²) in [6.45, 7) is 4.02. The lowest BCUT2D eigenvalue weighted by Crippen LogP contribution is -2.13. The maximum absolute atomic E-state index is 13.3. The van der Waals surface area contributed by atoms with Gasteiger partial charge in [0, 0.05) is 22.7 Å². The third-order valence-corrected chi connectivity index (χ3v) is 5.13. The number of hydrogen-bond donors (Lipinski definition) is 1. The highest BCUT2D eigenvalue weighted by molar-refractivity contribution is 6.13. The second kappa shape index (κ2) is 8.48. The zero-order valence-electron chi connectivity index (χ0n) is 18.0. The zero-order chi connectivity index (χ0) is 22.0. The lowest BCUT2D eigenvalue weighted by atomic mass is 10.0. The summed E-state index contributed by atoms with van der Waals surface area (Å²) in [6.07, 6.45) is 0. The lowest BCUT2D eigenvalue weighted by molar-refractivity contribution is 0.102. The number of pyridine rings is 1. The number of aromatic nitrogens is 1. The molecule has 0 aliphatic carbocycles. The first-order chi connectivity index (χ1) is 15.0. The molecular weight excluding hydrogens is 388 g/mol. The predicted octanol–water partition coefficient (Wildman–Crippen LogP) is 5.79. The molecule has 4 rings (SSSR count). The van der Waals surface area contributed by atoms with Crippen LogP contribution < -0.4 is 14.8 Å². The largest absolute Gasteiger partial charge is 0.497 e. The second-order valence-corrected chi connectivity index (χ2v) is 7.47. The number of ether oxygens (including phenoxy) is 2. The van der Waals surface area contributed by atoms with Crippen LogP contribution >= 0.6 is 0 Å². The predicted molar refractivity (Wildman–Crippen MR) is 124 cm³/mol. The van der Waals surface area contributed by atoms with Gasteiger partial charge in [0.05, 0.1) is 31.0 Å². The summed E-state index contributed by atoms with van der Waals surface area (Å²) in [5, 5.41) is 3.83. The molecule has 31 heavy (non-hydrogen) atoms. The van der Waals surface area contributed by atoms with E-state index in [1.807, 2.05) is 74.5 Å². The van der Waals surface area contributed by atoms with Gasteiger partial charge in [-0.05, 0) is 61.4 Å². The molecule has 1 N–H and O–H groups in total. The van der Waals surface area contributed by atoms with Crippen LogP contribution in [0.15, 0.2) is 66.7 Å². The third kappa shape index (κ3) is 4.21. The number of hydrogen-bond acceptors (Lipinski definition) is 4. The van der Waals surface area contributed by atoms with Gasteiger partial charge in [0.15, 0.2) is 0 Å². The first-order valence-electron chi connectivity index (χ1n) is 10.0. The average Bonchev–Trinajstić information content (AvgIpc) is 2.77. The van der Waals surface area contributed by atoms with Crippen LogP contribution in [0, 0.1) is 13.8 Å². The maximum Gasteiger partial charge on any atom is 0.256 e. The molecule has 0 radical (unpaired) electrons. The molecule has 156 valence electrons. The van der Waals surface area contributed by atoms with Crippen molar-refractivity contribution in [3.8, 4) is 22.8 Å². The number of rotatable bonds is 5. The van der Waals surface area contributed by atoms with Gasteiger partial charge in [0.25, 0.3) is 5.91 Å². The molecule has 0 saturated heterocycles. The van der Waals surface area contributed by atoms with E-state index in [9.17, 15) is 4.79 Å². The van der Waals surface area contributed by atoms with Gasteiger partial charge in [-0.1, -0.05) is 24.3 Å². The van der Waals surface area contributed by atoms with Crippen molar-refractivity contribution in [3.05, 3.63) is 83.4 Å². The van der Waals surface area contributed by atoms with Crippen molar-refractivity contribution in [2.75, 3.05) is 19.5 Å². The van der Waals surface area contributed by atoms with E-state index in [2.05, 4.69) is 11.4 Å². The highest BCUT2D eigenvalue weighted by atomic mass is 16.5. The smallest absolute Gasteiger partial charge is 0.256 e. The van der Waals surface area contributed by atoms with Gasteiger partial charge in [0.2, 0.25) is 0 Å². The van der Waals surface area contributed by atoms with Crippen molar-refractivity contribution >= 4 is 22.5 Å². The first-order valence-corrected chi connectivity index (χ1v) is 10.0. The summed E-state index contributed by atoms with van der Waals surface area (Å²) in [5.41, 5.74) is 5.70. The van der Waals surface area contributed by atoms with Gasteiger partial charge in [-0.25, -0.2) is 4.98 Å². The van der Waals surface area contributed by atoms with Crippen LogP contribution in [-0.2, 0) is 0 Å². The van der Waals surface area contributed by atoms with E-state index < -0.39 is 0 Å². The first kappa shape index (κ1) is 20.4. The fraction of sp³-hybridized carbons (Fsp3) is 0.154. The van der Waals surface area contributed by atoms with E-state index in [1.165, 1.54) is 0 Å². The van der Waals surface area contributed by atoms with Gasteiger partial charge < -0.3 is 14.8 Å². The number of amides is 1. The van der Waals surface area contributed by atoms with E-state index in [0.717, 1.165) is 33.3 Å². The summed E-state index contributed by atoms with van der Waals surface area (Å²) in [7, 11) is 3.21. The molecule has 0 saturated carbocycles. The normalized spacial score (nSPS) is 10.7. The fourth-order valence-electron chi connectivity index (χ4n) is 3.76. The number of carbonyl (C=O) groups excluding carboxylic acids is 1. The van der Waals surface area contributed by atoms with E-state index in [-0.39, 0.29) is 5.91 Å². The van der Waals surface area contributed by atoms with Crippen molar-refractivity contribution in [2.45, 2.75) is 13.8 Å². The summed E-state index contributed by atoms with van der Waals surface area (Å²) >= 11 is 0.